The van der Waals surface area contributed by atoms with Gasteiger partial charge in [0.1, 0.15) is 0 Å². The summed E-state index contributed by atoms with van der Waals surface area (Å²) in [6.07, 6.45) is 1.57. The Kier molecular flexibility index (Phi) is 4.35. The maximum atomic E-state index is 12.1. The standard InChI is InChI=1S/C17H13N3O3S/c1-11-3-2-4-12(7-11)10-18-19-17(21)16-9-13-8-14(20(22)23)5-6-15(13)24-16/h2-10H,1H3,(H,19,21). The highest BCUT2D eigenvalue weighted by molar-refractivity contribution is 7.20. The number of non-ortho nitro benzene ring substituents is 1. The molecule has 2 aromatic carbocycles. The minimum Gasteiger partial charge on any atom is -0.266 e. The zero-order valence-electron chi connectivity index (χ0n) is 12.7. The van der Waals surface area contributed by atoms with Gasteiger partial charge in [-0.15, -0.1) is 11.3 Å². The largest absolute Gasteiger partial charge is 0.281 e. The van der Waals surface area contributed by atoms with E-state index in [-0.39, 0.29) is 11.6 Å². The van der Waals surface area contributed by atoms with Gasteiger partial charge in [0.05, 0.1) is 16.0 Å². The monoisotopic (exact) mass is 339 g/mol. The SMILES string of the molecule is Cc1cccc(C=NNC(=O)c2cc3cc([N+](=O)[O-])ccc3s2)c1. The fourth-order valence-corrected chi connectivity index (χ4v) is 3.16. The first-order chi connectivity index (χ1) is 11.5. The van der Waals surface area contributed by atoms with E-state index in [9.17, 15) is 14.9 Å². The summed E-state index contributed by atoms with van der Waals surface area (Å²) in [5, 5.41) is 15.4. The van der Waals surface area contributed by atoms with Crippen molar-refractivity contribution in [2.24, 2.45) is 5.10 Å². The second-order valence-corrected chi connectivity index (χ2v) is 6.29. The van der Waals surface area contributed by atoms with Crippen LogP contribution in [-0.2, 0) is 0 Å². The summed E-state index contributed by atoms with van der Waals surface area (Å²) in [6.45, 7) is 1.98. The summed E-state index contributed by atoms with van der Waals surface area (Å²) in [4.78, 5) is 22.9. The molecule has 7 heteroatoms. The Morgan fingerprint density at radius 3 is 2.83 bits per heavy atom. The van der Waals surface area contributed by atoms with Gasteiger partial charge in [0, 0.05) is 22.2 Å². The number of hydrazone groups is 1. The molecular formula is C17H13N3O3S. The molecule has 1 N–H and O–H groups in total. The third-order valence-electron chi connectivity index (χ3n) is 3.36. The molecule has 0 atom stereocenters. The van der Waals surface area contributed by atoms with Crippen molar-refractivity contribution in [3.8, 4) is 0 Å². The highest BCUT2D eigenvalue weighted by Crippen LogP contribution is 2.28. The van der Waals surface area contributed by atoms with Gasteiger partial charge in [-0.3, -0.25) is 14.9 Å². The van der Waals surface area contributed by atoms with Crippen LogP contribution in [0.3, 0.4) is 0 Å². The van der Waals surface area contributed by atoms with E-state index in [0.29, 0.717) is 10.3 Å². The van der Waals surface area contributed by atoms with Gasteiger partial charge in [0.15, 0.2) is 0 Å². The van der Waals surface area contributed by atoms with Crippen molar-refractivity contribution in [3.63, 3.8) is 0 Å². The summed E-state index contributed by atoms with van der Waals surface area (Å²) in [7, 11) is 0. The third kappa shape index (κ3) is 3.47. The minimum atomic E-state index is -0.455. The van der Waals surface area contributed by atoms with Crippen LogP contribution >= 0.6 is 11.3 Å². The maximum Gasteiger partial charge on any atom is 0.281 e. The lowest BCUT2D eigenvalue weighted by Crippen LogP contribution is -2.16. The maximum absolute atomic E-state index is 12.1. The number of thiophene rings is 1. The van der Waals surface area contributed by atoms with Crippen molar-refractivity contribution in [3.05, 3.63) is 74.6 Å². The molecule has 3 aromatic rings. The van der Waals surface area contributed by atoms with Gasteiger partial charge >= 0.3 is 0 Å². The Bertz CT molecular complexity index is 963. The molecule has 0 saturated carbocycles. The molecule has 0 aliphatic heterocycles. The number of rotatable bonds is 4. The number of nitro benzene ring substituents is 1. The van der Waals surface area contributed by atoms with Crippen LogP contribution in [-0.4, -0.2) is 17.0 Å². The number of nitro groups is 1. The van der Waals surface area contributed by atoms with E-state index in [4.69, 9.17) is 0 Å². The van der Waals surface area contributed by atoms with E-state index in [1.807, 2.05) is 31.2 Å². The predicted octanol–water partition coefficient (Wildman–Crippen LogP) is 3.88. The summed E-state index contributed by atoms with van der Waals surface area (Å²) in [5.74, 6) is -0.345. The molecule has 0 unspecified atom stereocenters. The fraction of sp³-hybridized carbons (Fsp3) is 0.0588. The average molecular weight is 339 g/mol. The van der Waals surface area contributed by atoms with Crippen LogP contribution in [0.2, 0.25) is 0 Å². The number of nitrogens with one attached hydrogen (secondary N) is 1. The molecule has 0 fully saturated rings. The minimum absolute atomic E-state index is 0.00438. The van der Waals surface area contributed by atoms with E-state index in [0.717, 1.165) is 15.8 Å². The van der Waals surface area contributed by atoms with Gasteiger partial charge in [-0.1, -0.05) is 29.8 Å². The predicted molar refractivity (Wildman–Crippen MR) is 94.7 cm³/mol. The molecule has 0 aliphatic rings. The number of nitrogens with zero attached hydrogens (tertiary/aromatic N) is 2. The quantitative estimate of drug-likeness (QED) is 0.445. The Morgan fingerprint density at radius 2 is 2.08 bits per heavy atom. The lowest BCUT2D eigenvalue weighted by atomic mass is 10.2. The van der Waals surface area contributed by atoms with Crippen molar-refractivity contribution in [1.29, 1.82) is 0 Å². The van der Waals surface area contributed by atoms with Crippen LogP contribution < -0.4 is 5.43 Å². The van der Waals surface area contributed by atoms with Crippen molar-refractivity contribution < 1.29 is 9.72 Å². The molecule has 6 nitrogen and oxygen atoms in total. The van der Waals surface area contributed by atoms with Gasteiger partial charge < -0.3 is 0 Å². The van der Waals surface area contributed by atoms with E-state index in [2.05, 4.69) is 10.5 Å². The summed E-state index contributed by atoms with van der Waals surface area (Å²) < 4.78 is 0.813. The third-order valence-corrected chi connectivity index (χ3v) is 4.47. The number of hydrogen-bond acceptors (Lipinski definition) is 5. The number of carbonyl (C=O) groups is 1. The van der Waals surface area contributed by atoms with Crippen LogP contribution in [0.25, 0.3) is 10.1 Å². The first-order valence-electron chi connectivity index (χ1n) is 7.11. The number of amides is 1. The lowest BCUT2D eigenvalue weighted by molar-refractivity contribution is -0.384. The van der Waals surface area contributed by atoms with Gasteiger partial charge in [-0.25, -0.2) is 5.43 Å². The molecular weight excluding hydrogens is 326 g/mol. The smallest absolute Gasteiger partial charge is 0.266 e. The van der Waals surface area contributed by atoms with Gasteiger partial charge in [0.2, 0.25) is 0 Å². The number of benzene rings is 2. The highest BCUT2D eigenvalue weighted by atomic mass is 32.1. The fourth-order valence-electron chi connectivity index (χ4n) is 2.23. The molecule has 1 heterocycles. The zero-order valence-corrected chi connectivity index (χ0v) is 13.5. The number of fused-ring (bicyclic) bond motifs is 1. The van der Waals surface area contributed by atoms with Crippen molar-refractivity contribution >= 4 is 39.2 Å². The van der Waals surface area contributed by atoms with Gasteiger partial charge in [0.25, 0.3) is 11.6 Å². The van der Waals surface area contributed by atoms with Gasteiger partial charge in [-0.05, 0) is 24.6 Å². The van der Waals surface area contributed by atoms with Crippen LogP contribution in [0.4, 0.5) is 5.69 Å². The summed E-state index contributed by atoms with van der Waals surface area (Å²) in [6, 6.07) is 13.9. The van der Waals surface area contributed by atoms with E-state index < -0.39 is 4.92 Å². The second-order valence-electron chi connectivity index (χ2n) is 5.20. The molecule has 1 aromatic heterocycles. The van der Waals surface area contributed by atoms with Gasteiger partial charge in [-0.2, -0.15) is 5.10 Å². The first-order valence-corrected chi connectivity index (χ1v) is 7.92. The molecule has 0 saturated heterocycles. The Balaban J connectivity index is 1.75. The van der Waals surface area contributed by atoms with E-state index >= 15 is 0 Å². The van der Waals surface area contributed by atoms with Crippen LogP contribution in [0, 0.1) is 17.0 Å². The lowest BCUT2D eigenvalue weighted by Gasteiger charge is -1.97. The van der Waals surface area contributed by atoms with E-state index in [1.165, 1.54) is 23.5 Å². The van der Waals surface area contributed by atoms with Crippen LogP contribution in [0.15, 0.2) is 53.6 Å². The topological polar surface area (TPSA) is 84.6 Å². The summed E-state index contributed by atoms with van der Waals surface area (Å²) in [5.41, 5.74) is 4.48. The molecule has 3 rings (SSSR count). The van der Waals surface area contributed by atoms with Crippen molar-refractivity contribution in [2.45, 2.75) is 6.92 Å². The molecule has 0 bridgehead atoms. The Hall–Kier alpha value is -3.06. The normalized spacial score (nSPS) is 11.0. The highest BCUT2D eigenvalue weighted by Gasteiger charge is 2.12. The molecule has 24 heavy (non-hydrogen) atoms. The Labute approximate surface area is 141 Å². The number of carbonyl (C=O) groups excluding carboxylic acids is 1. The zero-order chi connectivity index (χ0) is 17.1. The van der Waals surface area contributed by atoms with E-state index in [1.54, 1.807) is 18.3 Å². The Morgan fingerprint density at radius 1 is 1.25 bits per heavy atom. The molecule has 0 spiro atoms. The second kappa shape index (κ2) is 6.59. The first kappa shape index (κ1) is 15.8. The van der Waals surface area contributed by atoms with Crippen molar-refractivity contribution in [2.75, 3.05) is 0 Å². The number of hydrogen-bond donors (Lipinski definition) is 1. The van der Waals surface area contributed by atoms with Crippen LogP contribution in [0.5, 0.6) is 0 Å². The van der Waals surface area contributed by atoms with Crippen LogP contribution in [0.1, 0.15) is 20.8 Å². The van der Waals surface area contributed by atoms with Crippen molar-refractivity contribution in [1.82, 2.24) is 5.43 Å². The molecule has 1 amide bonds. The molecule has 0 aliphatic carbocycles. The average Bonchev–Trinajstić information content (AvgIpc) is 2.98. The molecule has 120 valence electrons. The number of aryl methyl sites for hydroxylation is 1. The summed E-state index contributed by atoms with van der Waals surface area (Å²) >= 11 is 1.27. The molecule has 0 radical (unpaired) electrons.